The molecule has 0 saturated heterocycles. The molecule has 0 radical (unpaired) electrons. The van der Waals surface area contributed by atoms with Gasteiger partial charge in [-0.2, -0.15) is 0 Å². The van der Waals surface area contributed by atoms with Crippen LogP contribution in [0.4, 0.5) is 0 Å². The molecular formula is C6H7NO2S. The highest BCUT2D eigenvalue weighted by molar-refractivity contribution is 7.71. The Bertz CT molecular complexity index is 260. The van der Waals surface area contributed by atoms with Gasteiger partial charge in [-0.1, -0.05) is 6.07 Å². The Morgan fingerprint density at radius 3 is 2.80 bits per heavy atom. The molecule has 0 amide bonds. The fourth-order valence-corrected chi connectivity index (χ4v) is 1.13. The van der Waals surface area contributed by atoms with Gasteiger partial charge in [0.25, 0.3) is 0 Å². The number of rotatable bonds is 2. The van der Waals surface area contributed by atoms with Crippen LogP contribution in [0.25, 0.3) is 0 Å². The van der Waals surface area contributed by atoms with E-state index < -0.39 is 10.7 Å². The molecular weight excluding hydrogens is 150 g/mol. The molecule has 0 atom stereocenters. The Hall–Kier alpha value is -0.900. The second-order valence-electron chi connectivity index (χ2n) is 1.85. The fourth-order valence-electron chi connectivity index (χ4n) is 0.641. The number of hydrogen-bond donors (Lipinski definition) is 1. The Morgan fingerprint density at radius 2 is 2.30 bits per heavy atom. The lowest BCUT2D eigenvalue weighted by Gasteiger charge is -1.89. The summed E-state index contributed by atoms with van der Waals surface area (Å²) in [6.45, 7) is 0. The van der Waals surface area contributed by atoms with Gasteiger partial charge in [-0.05, 0) is 11.6 Å². The number of nitrogens with zero attached hydrogens (tertiary/aromatic N) is 1. The summed E-state index contributed by atoms with van der Waals surface area (Å²) in [6.07, 6.45) is 3.16. The highest BCUT2D eigenvalue weighted by Crippen LogP contribution is 1.95. The summed E-state index contributed by atoms with van der Waals surface area (Å²) >= 11 is 0. The predicted molar refractivity (Wildman–Crippen MR) is 38.3 cm³/mol. The maximum Gasteiger partial charge on any atom is 0.144 e. The van der Waals surface area contributed by atoms with E-state index in [1.807, 2.05) is 0 Å². The van der Waals surface area contributed by atoms with Crippen molar-refractivity contribution in [2.45, 2.75) is 5.75 Å². The van der Waals surface area contributed by atoms with Gasteiger partial charge in [-0.15, -0.1) is 0 Å². The van der Waals surface area contributed by atoms with Crippen molar-refractivity contribution >= 4 is 10.7 Å². The third-order valence-corrected chi connectivity index (χ3v) is 1.66. The van der Waals surface area contributed by atoms with E-state index in [0.29, 0.717) is 0 Å². The van der Waals surface area contributed by atoms with E-state index in [0.717, 1.165) is 5.56 Å². The van der Waals surface area contributed by atoms with Crippen molar-refractivity contribution < 1.29 is 8.42 Å². The summed E-state index contributed by atoms with van der Waals surface area (Å²) in [5.74, 6) is 0.0865. The van der Waals surface area contributed by atoms with Gasteiger partial charge >= 0.3 is 0 Å². The minimum Gasteiger partial charge on any atom is -0.264 e. The zero-order chi connectivity index (χ0) is 7.40. The molecule has 10 heavy (non-hydrogen) atoms. The van der Waals surface area contributed by atoms with E-state index in [4.69, 9.17) is 0 Å². The average molecular weight is 157 g/mol. The van der Waals surface area contributed by atoms with Crippen molar-refractivity contribution in [3.63, 3.8) is 0 Å². The normalized spacial score (nSPS) is 10.1. The number of thiol groups is 1. The maximum atomic E-state index is 10.2. The van der Waals surface area contributed by atoms with Crippen LogP contribution < -0.4 is 0 Å². The van der Waals surface area contributed by atoms with Crippen molar-refractivity contribution in [1.82, 2.24) is 4.98 Å². The summed E-state index contributed by atoms with van der Waals surface area (Å²) in [6, 6.07) is 3.45. The van der Waals surface area contributed by atoms with Crippen LogP contribution in [0.1, 0.15) is 5.56 Å². The predicted octanol–water partition coefficient (Wildman–Crippen LogP) is 0.193. The van der Waals surface area contributed by atoms with Crippen LogP contribution in [0, 0.1) is 0 Å². The molecule has 54 valence electrons. The van der Waals surface area contributed by atoms with Crippen LogP contribution >= 0.6 is 0 Å². The molecule has 0 saturated carbocycles. The molecule has 1 rings (SSSR count). The number of hydrogen-bond acceptors (Lipinski definition) is 3. The van der Waals surface area contributed by atoms with Gasteiger partial charge in [0, 0.05) is 12.4 Å². The lowest BCUT2D eigenvalue weighted by atomic mass is 10.3. The van der Waals surface area contributed by atoms with Gasteiger partial charge in [0.05, 0.1) is 5.75 Å². The molecule has 4 heteroatoms. The maximum absolute atomic E-state index is 10.2. The molecule has 0 aliphatic carbocycles. The SMILES string of the molecule is O=[SH](=O)Cc1cccnc1. The summed E-state index contributed by atoms with van der Waals surface area (Å²) in [4.78, 5) is 3.77. The first-order valence-electron chi connectivity index (χ1n) is 2.80. The fraction of sp³-hybridized carbons (Fsp3) is 0.167. The summed E-state index contributed by atoms with van der Waals surface area (Å²) < 4.78 is 20.4. The minimum atomic E-state index is -2.32. The molecule has 0 spiro atoms. The monoisotopic (exact) mass is 157 g/mol. The molecule has 0 aliphatic heterocycles. The van der Waals surface area contributed by atoms with Crippen molar-refractivity contribution in [3.05, 3.63) is 30.1 Å². The summed E-state index contributed by atoms with van der Waals surface area (Å²) in [5.41, 5.74) is 0.735. The third kappa shape index (κ3) is 2.14. The van der Waals surface area contributed by atoms with Crippen molar-refractivity contribution in [2.24, 2.45) is 0 Å². The van der Waals surface area contributed by atoms with E-state index >= 15 is 0 Å². The van der Waals surface area contributed by atoms with Gasteiger partial charge in [-0.25, -0.2) is 8.42 Å². The van der Waals surface area contributed by atoms with E-state index in [1.54, 1.807) is 24.5 Å². The molecule has 1 heterocycles. The van der Waals surface area contributed by atoms with Crippen LogP contribution in [0.2, 0.25) is 0 Å². The minimum absolute atomic E-state index is 0.0865. The van der Waals surface area contributed by atoms with Gasteiger partial charge in [0.2, 0.25) is 0 Å². The number of aromatic nitrogens is 1. The first-order chi connectivity index (χ1) is 4.79. The zero-order valence-corrected chi connectivity index (χ0v) is 6.12. The molecule has 0 aliphatic rings. The lowest BCUT2D eigenvalue weighted by molar-refractivity contribution is 0.614. The van der Waals surface area contributed by atoms with Crippen molar-refractivity contribution in [3.8, 4) is 0 Å². The van der Waals surface area contributed by atoms with Gasteiger partial charge in [0.1, 0.15) is 10.7 Å². The van der Waals surface area contributed by atoms with E-state index in [1.165, 1.54) is 0 Å². The molecule has 0 fully saturated rings. The molecule has 0 bridgehead atoms. The largest absolute Gasteiger partial charge is 0.264 e. The second-order valence-corrected chi connectivity index (χ2v) is 2.83. The van der Waals surface area contributed by atoms with E-state index in [2.05, 4.69) is 4.98 Å². The molecule has 3 nitrogen and oxygen atoms in total. The van der Waals surface area contributed by atoms with Crippen LogP contribution in [0.5, 0.6) is 0 Å². The molecule has 1 aromatic rings. The summed E-state index contributed by atoms with van der Waals surface area (Å²) in [7, 11) is -2.32. The van der Waals surface area contributed by atoms with Crippen LogP contribution in [-0.4, -0.2) is 13.4 Å². The van der Waals surface area contributed by atoms with E-state index in [-0.39, 0.29) is 5.75 Å². The quantitative estimate of drug-likeness (QED) is 0.623. The van der Waals surface area contributed by atoms with Crippen LogP contribution in [-0.2, 0) is 16.5 Å². The van der Waals surface area contributed by atoms with Gasteiger partial charge in [-0.3, -0.25) is 4.98 Å². The van der Waals surface area contributed by atoms with Crippen molar-refractivity contribution in [1.29, 1.82) is 0 Å². The Morgan fingerprint density at radius 1 is 1.50 bits per heavy atom. The topological polar surface area (TPSA) is 47.0 Å². The third-order valence-electron chi connectivity index (χ3n) is 1.03. The highest BCUT2D eigenvalue weighted by atomic mass is 32.2. The first kappa shape index (κ1) is 7.21. The van der Waals surface area contributed by atoms with E-state index in [9.17, 15) is 8.42 Å². The highest BCUT2D eigenvalue weighted by Gasteiger charge is 1.90. The van der Waals surface area contributed by atoms with Crippen LogP contribution in [0.3, 0.4) is 0 Å². The zero-order valence-electron chi connectivity index (χ0n) is 5.23. The standard InChI is InChI=1S/C6H7NO2S/c8-10(9)5-6-2-1-3-7-4-6/h1-4,10H,5H2. The van der Waals surface area contributed by atoms with Gasteiger partial charge < -0.3 is 0 Å². The average Bonchev–Trinajstić information content (AvgIpc) is 1.88. The Labute approximate surface area is 60.7 Å². The molecule has 0 unspecified atom stereocenters. The Kier molecular flexibility index (Phi) is 2.39. The lowest BCUT2D eigenvalue weighted by Crippen LogP contribution is -1.85. The summed E-state index contributed by atoms with van der Waals surface area (Å²) in [5, 5.41) is 0. The Balaban J connectivity index is 2.77. The molecule has 0 aromatic carbocycles. The van der Waals surface area contributed by atoms with Crippen LogP contribution in [0.15, 0.2) is 24.5 Å². The first-order valence-corrected chi connectivity index (χ1v) is 4.16. The number of pyridine rings is 1. The molecule has 1 aromatic heterocycles. The second kappa shape index (κ2) is 3.31. The van der Waals surface area contributed by atoms with Crippen molar-refractivity contribution in [2.75, 3.05) is 0 Å². The van der Waals surface area contributed by atoms with Gasteiger partial charge in [0.15, 0.2) is 0 Å². The smallest absolute Gasteiger partial charge is 0.144 e. The molecule has 0 N–H and O–H groups in total.